The number of fused-ring (bicyclic) bond motifs is 1. The lowest BCUT2D eigenvalue weighted by Gasteiger charge is -2.27. The van der Waals surface area contributed by atoms with Crippen molar-refractivity contribution >= 4 is 21.5 Å². The van der Waals surface area contributed by atoms with E-state index in [1.165, 1.54) is 10.2 Å². The van der Waals surface area contributed by atoms with E-state index < -0.39 is 10.0 Å². The largest absolute Gasteiger partial charge is 0.384 e. The third kappa shape index (κ3) is 3.80. The van der Waals surface area contributed by atoms with E-state index in [1.807, 2.05) is 13.1 Å². The van der Waals surface area contributed by atoms with Gasteiger partial charge >= 0.3 is 0 Å². The van der Waals surface area contributed by atoms with Gasteiger partial charge in [-0.2, -0.15) is 5.10 Å². The van der Waals surface area contributed by atoms with E-state index in [0.29, 0.717) is 18.8 Å². The fourth-order valence-electron chi connectivity index (χ4n) is 3.05. The summed E-state index contributed by atoms with van der Waals surface area (Å²) in [7, 11) is 1.66. The van der Waals surface area contributed by atoms with Gasteiger partial charge in [-0.25, -0.2) is 8.42 Å². The van der Waals surface area contributed by atoms with Crippen molar-refractivity contribution in [1.29, 1.82) is 0 Å². The number of nitrogens with one attached hydrogen (secondary N) is 1. The van der Waals surface area contributed by atoms with Crippen LogP contribution in [-0.4, -0.2) is 45.5 Å². The van der Waals surface area contributed by atoms with Gasteiger partial charge in [-0.3, -0.25) is 9.40 Å². The molecule has 0 saturated carbocycles. The highest BCUT2D eigenvalue weighted by molar-refractivity contribution is 7.92. The summed E-state index contributed by atoms with van der Waals surface area (Å²) in [5.74, 6) is 0.442. The van der Waals surface area contributed by atoms with Crippen molar-refractivity contribution in [2.75, 3.05) is 36.9 Å². The van der Waals surface area contributed by atoms with Gasteiger partial charge in [0.15, 0.2) is 0 Å². The van der Waals surface area contributed by atoms with E-state index in [0.717, 1.165) is 30.8 Å². The van der Waals surface area contributed by atoms with Crippen molar-refractivity contribution in [3.8, 4) is 0 Å². The molecule has 3 rings (SSSR count). The number of hydrogen-bond donors (Lipinski definition) is 1. The molecular weight excluding hydrogens is 340 g/mol. The maximum atomic E-state index is 12.8. The molecule has 0 aliphatic carbocycles. The number of rotatable bonds is 6. The lowest BCUT2D eigenvalue weighted by Crippen LogP contribution is -2.25. The molecule has 8 heteroatoms. The maximum absolute atomic E-state index is 12.8. The second kappa shape index (κ2) is 7.05. The Morgan fingerprint density at radius 1 is 1.28 bits per heavy atom. The number of nitrogens with zero attached hydrogens (tertiary/aromatic N) is 3. The van der Waals surface area contributed by atoms with Gasteiger partial charge in [-0.15, -0.1) is 0 Å². The zero-order valence-electron chi connectivity index (χ0n) is 14.8. The van der Waals surface area contributed by atoms with Crippen molar-refractivity contribution in [3.05, 3.63) is 35.5 Å². The normalized spacial score (nSPS) is 14.4. The van der Waals surface area contributed by atoms with Gasteiger partial charge in [-0.1, -0.05) is 6.07 Å². The lowest BCUT2D eigenvalue weighted by atomic mass is 10.0. The number of hydrogen-bond acceptors (Lipinski definition) is 5. The van der Waals surface area contributed by atoms with E-state index >= 15 is 0 Å². The summed E-state index contributed by atoms with van der Waals surface area (Å²) < 4.78 is 34.8. The second-order valence-corrected chi connectivity index (χ2v) is 7.99. The third-order valence-corrected chi connectivity index (χ3v) is 5.80. The summed E-state index contributed by atoms with van der Waals surface area (Å²) in [6, 6.07) is 7.06. The molecule has 0 radical (unpaired) electrons. The summed E-state index contributed by atoms with van der Waals surface area (Å²) >= 11 is 0. The van der Waals surface area contributed by atoms with Crippen LogP contribution in [0.5, 0.6) is 0 Å². The predicted octanol–water partition coefficient (Wildman–Crippen LogP) is 1.79. The first-order chi connectivity index (χ1) is 11.9. The Kier molecular flexibility index (Phi) is 5.01. The van der Waals surface area contributed by atoms with Crippen LogP contribution < -0.4 is 9.62 Å². The predicted molar refractivity (Wildman–Crippen MR) is 97.6 cm³/mol. The Bertz CT molecular complexity index is 861. The van der Waals surface area contributed by atoms with E-state index in [1.54, 1.807) is 32.4 Å². The Balaban J connectivity index is 1.85. The molecule has 1 aromatic heterocycles. The standard InChI is InChI=1S/C17H24N4O3S/c1-20-9-4-5-13-6-7-15(12-16(13)20)25(22,23)19-17-11-14(8-10-24-3)18-21(17)2/h6-7,11-12,19H,4-5,8-10H2,1-3H3. The molecular formula is C17H24N4O3S. The van der Waals surface area contributed by atoms with Crippen LogP contribution in [-0.2, 0) is 34.6 Å². The molecule has 0 saturated heterocycles. The van der Waals surface area contributed by atoms with Crippen molar-refractivity contribution in [2.45, 2.75) is 24.2 Å². The highest BCUT2D eigenvalue weighted by Crippen LogP contribution is 2.29. The monoisotopic (exact) mass is 364 g/mol. The first-order valence-electron chi connectivity index (χ1n) is 8.29. The number of anilines is 2. The van der Waals surface area contributed by atoms with Gasteiger partial charge in [0.05, 0.1) is 17.2 Å². The molecule has 1 aliphatic rings. The van der Waals surface area contributed by atoms with Crippen molar-refractivity contribution in [2.24, 2.45) is 7.05 Å². The fourth-order valence-corrected chi connectivity index (χ4v) is 4.15. The zero-order valence-corrected chi connectivity index (χ0v) is 15.6. The molecule has 0 fully saturated rings. The van der Waals surface area contributed by atoms with E-state index in [2.05, 4.69) is 14.7 Å². The Hall–Kier alpha value is -2.06. The minimum absolute atomic E-state index is 0.264. The summed E-state index contributed by atoms with van der Waals surface area (Å²) in [6.45, 7) is 1.48. The van der Waals surface area contributed by atoms with Crippen LogP contribution in [0.3, 0.4) is 0 Å². The van der Waals surface area contributed by atoms with Gasteiger partial charge in [0.1, 0.15) is 5.82 Å². The maximum Gasteiger partial charge on any atom is 0.263 e. The molecule has 0 unspecified atom stereocenters. The molecule has 25 heavy (non-hydrogen) atoms. The highest BCUT2D eigenvalue weighted by Gasteiger charge is 2.21. The van der Waals surface area contributed by atoms with Crippen LogP contribution in [0.1, 0.15) is 17.7 Å². The Morgan fingerprint density at radius 2 is 2.08 bits per heavy atom. The molecule has 0 amide bonds. The van der Waals surface area contributed by atoms with Crippen LogP contribution in [0.2, 0.25) is 0 Å². The van der Waals surface area contributed by atoms with Crippen LogP contribution >= 0.6 is 0 Å². The third-order valence-electron chi connectivity index (χ3n) is 4.45. The molecule has 136 valence electrons. The summed E-state index contributed by atoms with van der Waals surface area (Å²) in [6.07, 6.45) is 2.71. The Morgan fingerprint density at radius 3 is 2.84 bits per heavy atom. The van der Waals surface area contributed by atoms with Crippen LogP contribution in [0.15, 0.2) is 29.2 Å². The van der Waals surface area contributed by atoms with E-state index in [-0.39, 0.29) is 4.90 Å². The first kappa shape index (κ1) is 17.8. The summed E-state index contributed by atoms with van der Waals surface area (Å²) in [5, 5.41) is 4.31. The number of benzene rings is 1. The van der Waals surface area contributed by atoms with Crippen molar-refractivity contribution in [1.82, 2.24) is 9.78 Å². The number of methoxy groups -OCH3 is 1. The second-order valence-electron chi connectivity index (χ2n) is 6.31. The van der Waals surface area contributed by atoms with Gasteiger partial charge < -0.3 is 9.64 Å². The average Bonchev–Trinajstić information content (AvgIpc) is 2.92. The van der Waals surface area contributed by atoms with E-state index in [9.17, 15) is 8.42 Å². The molecule has 0 atom stereocenters. The molecule has 1 aromatic carbocycles. The van der Waals surface area contributed by atoms with Crippen molar-refractivity contribution < 1.29 is 13.2 Å². The molecule has 2 heterocycles. The van der Waals surface area contributed by atoms with Crippen LogP contribution in [0.4, 0.5) is 11.5 Å². The minimum atomic E-state index is -3.67. The number of sulfonamides is 1. The fraction of sp³-hybridized carbons (Fsp3) is 0.471. The van der Waals surface area contributed by atoms with E-state index in [4.69, 9.17) is 4.74 Å². The summed E-state index contributed by atoms with van der Waals surface area (Å²) in [4.78, 5) is 2.37. The summed E-state index contributed by atoms with van der Waals surface area (Å²) in [5.41, 5.74) is 2.96. The molecule has 1 aliphatic heterocycles. The van der Waals surface area contributed by atoms with Gasteiger partial charge in [0.25, 0.3) is 10.0 Å². The zero-order chi connectivity index (χ0) is 18.0. The number of aryl methyl sites for hydroxylation is 2. The minimum Gasteiger partial charge on any atom is -0.384 e. The van der Waals surface area contributed by atoms with Crippen molar-refractivity contribution in [3.63, 3.8) is 0 Å². The SMILES string of the molecule is COCCc1cc(NS(=O)(=O)c2ccc3c(c2)N(C)CCC3)n(C)n1. The molecule has 1 N–H and O–H groups in total. The van der Waals surface area contributed by atoms with Gasteiger partial charge in [0.2, 0.25) is 0 Å². The quantitative estimate of drug-likeness (QED) is 0.846. The molecule has 7 nitrogen and oxygen atoms in total. The van der Waals surface area contributed by atoms with Crippen LogP contribution in [0.25, 0.3) is 0 Å². The molecule has 2 aromatic rings. The highest BCUT2D eigenvalue weighted by atomic mass is 32.2. The topological polar surface area (TPSA) is 76.5 Å². The van der Waals surface area contributed by atoms with Gasteiger partial charge in [-0.05, 0) is 30.5 Å². The molecule has 0 spiro atoms. The average molecular weight is 364 g/mol. The Labute approximate surface area is 148 Å². The number of aromatic nitrogens is 2. The van der Waals surface area contributed by atoms with Gasteiger partial charge in [0, 0.05) is 45.9 Å². The smallest absolute Gasteiger partial charge is 0.263 e. The van der Waals surface area contributed by atoms with Crippen LogP contribution in [0, 0.1) is 0 Å². The number of ether oxygens (including phenoxy) is 1. The molecule has 0 bridgehead atoms. The first-order valence-corrected chi connectivity index (χ1v) is 9.78. The lowest BCUT2D eigenvalue weighted by molar-refractivity contribution is 0.201.